The Bertz CT molecular complexity index is 785. The lowest BCUT2D eigenvalue weighted by atomic mass is 10.1. The minimum atomic E-state index is -0.711. The summed E-state index contributed by atoms with van der Waals surface area (Å²) in [6.07, 6.45) is 1.53. The molecule has 7 heteroatoms. The molecule has 0 aliphatic rings. The number of fused-ring (bicyclic) bond motifs is 1. The lowest BCUT2D eigenvalue weighted by Crippen LogP contribution is -1.97. The summed E-state index contributed by atoms with van der Waals surface area (Å²) < 4.78 is 28.5. The fraction of sp³-hybridized carbons (Fsp3) is 0.0833. The molecule has 2 aromatic heterocycles. The van der Waals surface area contributed by atoms with E-state index < -0.39 is 11.6 Å². The lowest BCUT2D eigenvalue weighted by molar-refractivity contribution is 0.585. The molecule has 0 saturated heterocycles. The molecule has 0 aliphatic heterocycles. The summed E-state index contributed by atoms with van der Waals surface area (Å²) in [7, 11) is 1.73. The smallest absolute Gasteiger partial charge is 0.225 e. The molecular weight excluding hydrogens is 274 g/mol. The minimum Gasteiger partial charge on any atom is -0.331 e. The van der Waals surface area contributed by atoms with Crippen molar-refractivity contribution in [2.75, 3.05) is 0 Å². The molecule has 19 heavy (non-hydrogen) atoms. The number of imidazole rings is 1. The van der Waals surface area contributed by atoms with Gasteiger partial charge in [0.15, 0.2) is 5.65 Å². The SMILES string of the molecule is Cn1cnc2nc(Cl)nc(-c3ccc(F)cc3F)c21. The van der Waals surface area contributed by atoms with Crippen molar-refractivity contribution in [1.82, 2.24) is 19.5 Å². The van der Waals surface area contributed by atoms with E-state index in [1.807, 2.05) is 0 Å². The minimum absolute atomic E-state index is 0.0371. The molecule has 3 rings (SSSR count). The molecular formula is C12H7ClF2N4. The number of hydrogen-bond donors (Lipinski definition) is 0. The quantitative estimate of drug-likeness (QED) is 0.644. The van der Waals surface area contributed by atoms with Gasteiger partial charge in [-0.15, -0.1) is 0 Å². The predicted octanol–water partition coefficient (Wildman–Crippen LogP) is 2.96. The first-order valence-electron chi connectivity index (χ1n) is 5.36. The van der Waals surface area contributed by atoms with E-state index >= 15 is 0 Å². The van der Waals surface area contributed by atoms with E-state index in [-0.39, 0.29) is 16.5 Å². The van der Waals surface area contributed by atoms with Crippen molar-refractivity contribution < 1.29 is 8.78 Å². The van der Waals surface area contributed by atoms with Crippen molar-refractivity contribution in [2.45, 2.75) is 0 Å². The highest BCUT2D eigenvalue weighted by atomic mass is 35.5. The average molecular weight is 281 g/mol. The molecule has 0 atom stereocenters. The van der Waals surface area contributed by atoms with E-state index in [9.17, 15) is 8.78 Å². The van der Waals surface area contributed by atoms with E-state index in [1.54, 1.807) is 11.6 Å². The van der Waals surface area contributed by atoms with Gasteiger partial charge in [-0.3, -0.25) is 0 Å². The van der Waals surface area contributed by atoms with Gasteiger partial charge in [0.1, 0.15) is 22.8 Å². The normalized spacial score (nSPS) is 11.2. The van der Waals surface area contributed by atoms with Crippen LogP contribution in [-0.4, -0.2) is 19.5 Å². The Labute approximate surface area is 111 Å². The van der Waals surface area contributed by atoms with Crippen LogP contribution in [0.1, 0.15) is 0 Å². The summed E-state index contributed by atoms with van der Waals surface area (Å²) in [6, 6.07) is 3.28. The third-order valence-corrected chi connectivity index (χ3v) is 2.90. The third-order valence-electron chi connectivity index (χ3n) is 2.73. The van der Waals surface area contributed by atoms with Gasteiger partial charge in [0.25, 0.3) is 0 Å². The van der Waals surface area contributed by atoms with Gasteiger partial charge < -0.3 is 4.57 Å². The van der Waals surface area contributed by atoms with Crippen molar-refractivity contribution in [2.24, 2.45) is 7.05 Å². The molecule has 0 bridgehead atoms. The van der Waals surface area contributed by atoms with Crippen LogP contribution in [0.5, 0.6) is 0 Å². The molecule has 2 heterocycles. The van der Waals surface area contributed by atoms with Gasteiger partial charge in [-0.05, 0) is 23.7 Å². The van der Waals surface area contributed by atoms with Crippen LogP contribution in [0.3, 0.4) is 0 Å². The van der Waals surface area contributed by atoms with E-state index in [4.69, 9.17) is 11.6 Å². The number of rotatable bonds is 1. The van der Waals surface area contributed by atoms with Crippen molar-refractivity contribution in [3.8, 4) is 11.3 Å². The topological polar surface area (TPSA) is 43.6 Å². The standard InChI is InChI=1S/C12H7ClF2N4/c1-19-5-16-11-10(19)9(17-12(13)18-11)7-3-2-6(14)4-8(7)15/h2-5H,1H3. The molecule has 0 saturated carbocycles. The van der Waals surface area contributed by atoms with Crippen LogP contribution >= 0.6 is 11.6 Å². The van der Waals surface area contributed by atoms with Crippen LogP contribution in [0, 0.1) is 11.6 Å². The summed E-state index contributed by atoms with van der Waals surface area (Å²) >= 11 is 5.80. The maximum absolute atomic E-state index is 13.9. The average Bonchev–Trinajstić information content (AvgIpc) is 2.70. The summed E-state index contributed by atoms with van der Waals surface area (Å²) in [5.74, 6) is -1.36. The second kappa shape index (κ2) is 4.24. The molecule has 3 aromatic rings. The van der Waals surface area contributed by atoms with Gasteiger partial charge in [-0.1, -0.05) is 0 Å². The van der Waals surface area contributed by atoms with Crippen LogP contribution in [0.4, 0.5) is 8.78 Å². The van der Waals surface area contributed by atoms with Crippen LogP contribution in [-0.2, 0) is 7.05 Å². The van der Waals surface area contributed by atoms with Crippen LogP contribution in [0.25, 0.3) is 22.4 Å². The van der Waals surface area contributed by atoms with Gasteiger partial charge in [0, 0.05) is 18.7 Å². The lowest BCUT2D eigenvalue weighted by Gasteiger charge is -2.06. The maximum atomic E-state index is 13.9. The zero-order valence-electron chi connectivity index (χ0n) is 9.73. The van der Waals surface area contributed by atoms with Gasteiger partial charge in [0.05, 0.1) is 6.33 Å². The van der Waals surface area contributed by atoms with E-state index in [0.29, 0.717) is 11.2 Å². The second-order valence-electron chi connectivity index (χ2n) is 3.99. The Morgan fingerprint density at radius 1 is 1.21 bits per heavy atom. The van der Waals surface area contributed by atoms with Crippen molar-refractivity contribution in [3.63, 3.8) is 0 Å². The number of halogens is 3. The predicted molar refractivity (Wildman–Crippen MR) is 66.7 cm³/mol. The Morgan fingerprint density at radius 2 is 2.00 bits per heavy atom. The van der Waals surface area contributed by atoms with E-state index in [1.165, 1.54) is 12.4 Å². The van der Waals surface area contributed by atoms with E-state index in [2.05, 4.69) is 15.0 Å². The number of aryl methyl sites for hydroxylation is 1. The Kier molecular flexibility index (Phi) is 2.67. The molecule has 1 aromatic carbocycles. The first-order valence-corrected chi connectivity index (χ1v) is 5.74. The summed E-state index contributed by atoms with van der Waals surface area (Å²) in [6.45, 7) is 0. The molecule has 0 radical (unpaired) electrons. The molecule has 0 spiro atoms. The fourth-order valence-electron chi connectivity index (χ4n) is 1.90. The maximum Gasteiger partial charge on any atom is 0.225 e. The zero-order valence-corrected chi connectivity index (χ0v) is 10.5. The summed E-state index contributed by atoms with van der Waals surface area (Å²) in [4.78, 5) is 12.0. The van der Waals surface area contributed by atoms with Gasteiger partial charge >= 0.3 is 0 Å². The number of nitrogens with zero attached hydrogens (tertiary/aromatic N) is 4. The highest BCUT2D eigenvalue weighted by Crippen LogP contribution is 2.28. The molecule has 96 valence electrons. The van der Waals surface area contributed by atoms with Gasteiger partial charge in [-0.2, -0.15) is 4.98 Å². The van der Waals surface area contributed by atoms with Crippen molar-refractivity contribution in [3.05, 3.63) is 41.4 Å². The van der Waals surface area contributed by atoms with Crippen molar-refractivity contribution >= 4 is 22.8 Å². The van der Waals surface area contributed by atoms with Crippen LogP contribution in [0.15, 0.2) is 24.5 Å². The number of hydrogen-bond acceptors (Lipinski definition) is 3. The van der Waals surface area contributed by atoms with E-state index in [0.717, 1.165) is 12.1 Å². The largest absolute Gasteiger partial charge is 0.331 e. The Hall–Kier alpha value is -2.08. The van der Waals surface area contributed by atoms with Crippen LogP contribution in [0.2, 0.25) is 5.28 Å². The highest BCUT2D eigenvalue weighted by molar-refractivity contribution is 6.28. The zero-order chi connectivity index (χ0) is 13.6. The monoisotopic (exact) mass is 280 g/mol. The summed E-state index contributed by atoms with van der Waals surface area (Å²) in [5, 5.41) is -0.0371. The highest BCUT2D eigenvalue weighted by Gasteiger charge is 2.16. The molecule has 0 unspecified atom stereocenters. The molecule has 0 N–H and O–H groups in total. The molecule has 0 amide bonds. The Balaban J connectivity index is 2.38. The van der Waals surface area contributed by atoms with Gasteiger partial charge in [0.2, 0.25) is 5.28 Å². The molecule has 0 aliphatic carbocycles. The number of aromatic nitrogens is 4. The number of benzene rings is 1. The van der Waals surface area contributed by atoms with Gasteiger partial charge in [-0.25, -0.2) is 18.7 Å². The first-order chi connectivity index (χ1) is 9.06. The van der Waals surface area contributed by atoms with Crippen molar-refractivity contribution in [1.29, 1.82) is 0 Å². The third kappa shape index (κ3) is 1.94. The Morgan fingerprint density at radius 3 is 2.74 bits per heavy atom. The van der Waals surface area contributed by atoms with Crippen LogP contribution < -0.4 is 0 Å². The summed E-state index contributed by atoms with van der Waals surface area (Å²) in [5.41, 5.74) is 1.34. The molecule has 4 nitrogen and oxygen atoms in total. The second-order valence-corrected chi connectivity index (χ2v) is 4.33. The first kappa shape index (κ1) is 12.0. The fourth-order valence-corrected chi connectivity index (χ4v) is 2.06. The molecule has 0 fully saturated rings.